The molecular formula is C12H9F5N2O2. The number of hydrogen-bond acceptors (Lipinski definition) is 4. The summed E-state index contributed by atoms with van der Waals surface area (Å²) < 4.78 is 69.2. The Bertz CT molecular complexity index is 578. The maximum Gasteiger partial charge on any atom is 0.418 e. The van der Waals surface area contributed by atoms with E-state index in [1.807, 2.05) is 0 Å². The number of aromatic nitrogens is 1. The zero-order chi connectivity index (χ0) is 16.2. The molecule has 0 fully saturated rings. The fourth-order valence-electron chi connectivity index (χ4n) is 1.68. The highest BCUT2D eigenvalue weighted by atomic mass is 19.4. The van der Waals surface area contributed by atoms with Crippen LogP contribution in [0.15, 0.2) is 6.20 Å². The number of ether oxygens (including phenoxy) is 1. The summed E-state index contributed by atoms with van der Waals surface area (Å²) in [6.45, 7) is 1.37. The van der Waals surface area contributed by atoms with Crippen molar-refractivity contribution < 1.29 is 31.5 Å². The largest absolute Gasteiger partial charge is 0.466 e. The third-order valence-corrected chi connectivity index (χ3v) is 2.44. The number of pyridine rings is 1. The Hall–Kier alpha value is -2.24. The standard InChI is InChI=1S/C12H9F5N2O2/c1-2-21-8(20)3-7-10(12(15,16)17)9(11(13)14)6(4-18)5-19-7/h5,11H,2-3H2,1H3. The Morgan fingerprint density at radius 1 is 1.48 bits per heavy atom. The minimum Gasteiger partial charge on any atom is -0.466 e. The summed E-state index contributed by atoms with van der Waals surface area (Å²) in [5, 5.41) is 8.63. The van der Waals surface area contributed by atoms with E-state index in [-0.39, 0.29) is 6.61 Å². The number of hydrogen-bond donors (Lipinski definition) is 0. The van der Waals surface area contributed by atoms with Crippen molar-refractivity contribution in [2.24, 2.45) is 0 Å². The molecular weight excluding hydrogens is 299 g/mol. The Balaban J connectivity index is 3.49. The van der Waals surface area contributed by atoms with Crippen molar-refractivity contribution >= 4 is 5.97 Å². The van der Waals surface area contributed by atoms with Crippen molar-refractivity contribution in [2.75, 3.05) is 6.61 Å². The van der Waals surface area contributed by atoms with Crippen molar-refractivity contribution in [3.8, 4) is 6.07 Å². The molecule has 4 nitrogen and oxygen atoms in total. The molecule has 0 atom stereocenters. The fourth-order valence-corrected chi connectivity index (χ4v) is 1.68. The maximum atomic E-state index is 13.0. The van der Waals surface area contributed by atoms with Crippen LogP contribution in [0, 0.1) is 11.3 Å². The third-order valence-electron chi connectivity index (χ3n) is 2.44. The van der Waals surface area contributed by atoms with E-state index in [2.05, 4.69) is 9.72 Å². The Morgan fingerprint density at radius 3 is 2.52 bits per heavy atom. The highest BCUT2D eigenvalue weighted by Gasteiger charge is 2.41. The van der Waals surface area contributed by atoms with Crippen LogP contribution in [-0.4, -0.2) is 17.6 Å². The third kappa shape index (κ3) is 3.87. The molecule has 0 aliphatic rings. The van der Waals surface area contributed by atoms with E-state index in [9.17, 15) is 26.7 Å². The molecule has 114 valence electrons. The molecule has 0 aromatic carbocycles. The van der Waals surface area contributed by atoms with Gasteiger partial charge in [0.2, 0.25) is 0 Å². The van der Waals surface area contributed by atoms with Crippen molar-refractivity contribution in [1.82, 2.24) is 4.98 Å². The predicted molar refractivity (Wildman–Crippen MR) is 59.2 cm³/mol. The molecule has 1 heterocycles. The molecule has 0 bridgehead atoms. The van der Waals surface area contributed by atoms with Gasteiger partial charge in [0, 0.05) is 6.20 Å². The van der Waals surface area contributed by atoms with Gasteiger partial charge in [0.15, 0.2) is 0 Å². The molecule has 21 heavy (non-hydrogen) atoms. The van der Waals surface area contributed by atoms with Gasteiger partial charge in [-0.15, -0.1) is 0 Å². The van der Waals surface area contributed by atoms with E-state index in [1.54, 1.807) is 0 Å². The second kappa shape index (κ2) is 6.47. The zero-order valence-corrected chi connectivity index (χ0v) is 10.7. The molecule has 0 radical (unpaired) electrons. The van der Waals surface area contributed by atoms with Crippen LogP contribution in [-0.2, 0) is 22.1 Å². The quantitative estimate of drug-likeness (QED) is 0.633. The van der Waals surface area contributed by atoms with Crippen LogP contribution >= 0.6 is 0 Å². The second-order valence-corrected chi connectivity index (χ2v) is 3.80. The number of halogens is 5. The first-order valence-electron chi connectivity index (χ1n) is 5.65. The number of rotatable bonds is 4. The Morgan fingerprint density at radius 2 is 2.10 bits per heavy atom. The normalized spacial score (nSPS) is 11.3. The van der Waals surface area contributed by atoms with Crippen LogP contribution in [0.2, 0.25) is 0 Å². The summed E-state index contributed by atoms with van der Waals surface area (Å²) in [6, 6.07) is 1.24. The lowest BCUT2D eigenvalue weighted by molar-refractivity contribution is -0.144. The van der Waals surface area contributed by atoms with Gasteiger partial charge in [-0.25, -0.2) is 8.78 Å². The average molecular weight is 308 g/mol. The molecule has 1 aromatic heterocycles. The van der Waals surface area contributed by atoms with Crippen LogP contribution < -0.4 is 0 Å². The lowest BCUT2D eigenvalue weighted by Gasteiger charge is -2.17. The van der Waals surface area contributed by atoms with Crippen LogP contribution in [0.3, 0.4) is 0 Å². The van der Waals surface area contributed by atoms with Gasteiger partial charge < -0.3 is 4.74 Å². The molecule has 0 amide bonds. The first-order valence-corrected chi connectivity index (χ1v) is 5.65. The molecule has 0 N–H and O–H groups in total. The summed E-state index contributed by atoms with van der Waals surface area (Å²) in [7, 11) is 0. The van der Waals surface area contributed by atoms with Crippen LogP contribution in [0.4, 0.5) is 22.0 Å². The van der Waals surface area contributed by atoms with Gasteiger partial charge in [-0.1, -0.05) is 0 Å². The smallest absolute Gasteiger partial charge is 0.418 e. The van der Waals surface area contributed by atoms with Crippen molar-refractivity contribution in [3.05, 3.63) is 28.6 Å². The first-order chi connectivity index (χ1) is 9.72. The molecule has 9 heteroatoms. The summed E-state index contributed by atoms with van der Waals surface area (Å²) in [4.78, 5) is 14.5. The Kier molecular flexibility index (Phi) is 5.18. The van der Waals surface area contributed by atoms with E-state index < -0.39 is 47.4 Å². The van der Waals surface area contributed by atoms with Crippen molar-refractivity contribution in [1.29, 1.82) is 5.26 Å². The molecule has 0 saturated carbocycles. The maximum absolute atomic E-state index is 13.0. The van der Waals surface area contributed by atoms with Crippen LogP contribution in [0.1, 0.15) is 35.7 Å². The van der Waals surface area contributed by atoms with Crippen LogP contribution in [0.5, 0.6) is 0 Å². The number of esters is 1. The van der Waals surface area contributed by atoms with E-state index in [0.29, 0.717) is 6.20 Å². The number of carbonyl (C=O) groups excluding carboxylic acids is 1. The highest BCUT2D eigenvalue weighted by molar-refractivity contribution is 5.73. The molecule has 0 aliphatic heterocycles. The summed E-state index contributed by atoms with van der Waals surface area (Å²) in [5.74, 6) is -1.03. The van der Waals surface area contributed by atoms with E-state index in [0.717, 1.165) is 0 Å². The van der Waals surface area contributed by atoms with E-state index >= 15 is 0 Å². The first kappa shape index (κ1) is 16.8. The molecule has 0 aliphatic carbocycles. The van der Waals surface area contributed by atoms with Gasteiger partial charge in [-0.05, 0) is 6.92 Å². The van der Waals surface area contributed by atoms with Gasteiger partial charge in [0.25, 0.3) is 6.43 Å². The average Bonchev–Trinajstić information content (AvgIpc) is 2.36. The lowest BCUT2D eigenvalue weighted by Crippen LogP contribution is -2.19. The number of alkyl halides is 5. The summed E-state index contributed by atoms with van der Waals surface area (Å²) in [6.07, 6.45) is -9.02. The van der Waals surface area contributed by atoms with E-state index in [4.69, 9.17) is 5.26 Å². The molecule has 0 saturated heterocycles. The Labute approximate surface area is 116 Å². The van der Waals surface area contributed by atoms with Gasteiger partial charge >= 0.3 is 12.1 Å². The number of nitrogens with zero attached hydrogens (tertiary/aromatic N) is 2. The van der Waals surface area contributed by atoms with Gasteiger partial charge in [-0.2, -0.15) is 18.4 Å². The van der Waals surface area contributed by atoms with Crippen molar-refractivity contribution in [3.63, 3.8) is 0 Å². The minimum atomic E-state index is -5.17. The minimum absolute atomic E-state index is 0.0713. The zero-order valence-electron chi connectivity index (χ0n) is 10.7. The van der Waals surface area contributed by atoms with E-state index in [1.165, 1.54) is 13.0 Å². The van der Waals surface area contributed by atoms with Crippen molar-refractivity contribution in [2.45, 2.75) is 25.9 Å². The monoisotopic (exact) mass is 308 g/mol. The fraction of sp³-hybridized carbons (Fsp3) is 0.417. The number of carbonyl (C=O) groups is 1. The van der Waals surface area contributed by atoms with Gasteiger partial charge in [0.05, 0.1) is 35.4 Å². The topological polar surface area (TPSA) is 63.0 Å². The molecule has 1 aromatic rings. The lowest BCUT2D eigenvalue weighted by atomic mass is 10.00. The molecule has 0 spiro atoms. The predicted octanol–water partition coefficient (Wildman–Crippen LogP) is 3.02. The SMILES string of the molecule is CCOC(=O)Cc1ncc(C#N)c(C(F)F)c1C(F)(F)F. The second-order valence-electron chi connectivity index (χ2n) is 3.80. The molecule has 1 rings (SSSR count). The highest BCUT2D eigenvalue weighted by Crippen LogP contribution is 2.39. The molecule has 0 unspecified atom stereocenters. The summed E-state index contributed by atoms with van der Waals surface area (Å²) in [5.41, 5.74) is -5.01. The van der Waals surface area contributed by atoms with Gasteiger partial charge in [-0.3, -0.25) is 9.78 Å². The van der Waals surface area contributed by atoms with Gasteiger partial charge in [0.1, 0.15) is 6.07 Å². The summed E-state index contributed by atoms with van der Waals surface area (Å²) >= 11 is 0. The number of nitriles is 1. The van der Waals surface area contributed by atoms with Crippen LogP contribution in [0.25, 0.3) is 0 Å².